The maximum atomic E-state index is 12.8. The van der Waals surface area contributed by atoms with Gasteiger partial charge in [0.1, 0.15) is 11.4 Å². The summed E-state index contributed by atoms with van der Waals surface area (Å²) in [6.45, 7) is 3.21. The van der Waals surface area contributed by atoms with Crippen LogP contribution in [0.2, 0.25) is 0 Å². The first-order valence-corrected chi connectivity index (χ1v) is 5.95. The van der Waals surface area contributed by atoms with Crippen LogP contribution in [0.5, 0.6) is 5.75 Å². The van der Waals surface area contributed by atoms with Crippen molar-refractivity contribution < 1.29 is 27.4 Å². The van der Waals surface area contributed by atoms with Gasteiger partial charge in [0, 0.05) is 0 Å². The number of carbonyl (C=O) groups is 1. The van der Waals surface area contributed by atoms with E-state index in [9.17, 15) is 18.0 Å². The molecule has 0 aliphatic heterocycles. The van der Waals surface area contributed by atoms with Crippen LogP contribution in [0.1, 0.15) is 13.8 Å². The Bertz CT molecular complexity index is 498. The largest absolute Gasteiger partial charge is 0.492 e. The minimum Gasteiger partial charge on any atom is -0.492 e. The van der Waals surface area contributed by atoms with Crippen LogP contribution in [0.15, 0.2) is 29.3 Å². The molecule has 0 heterocycles. The number of carbonyl (C=O) groups excluding carboxylic acids is 1. The molecule has 0 bridgehead atoms. The number of esters is 1. The molecule has 20 heavy (non-hydrogen) atoms. The molecule has 1 aromatic rings. The summed E-state index contributed by atoms with van der Waals surface area (Å²) in [5, 5.41) is 0. The van der Waals surface area contributed by atoms with E-state index in [2.05, 4.69) is 9.73 Å². The van der Waals surface area contributed by atoms with E-state index < -0.39 is 17.9 Å². The Kier molecular flexibility index (Phi) is 5.54. The molecule has 0 fully saturated rings. The van der Waals surface area contributed by atoms with Gasteiger partial charge in [-0.1, -0.05) is 12.1 Å². The standard InChI is InChI=1S/C13H14F3NO3/c1-3-19-10-8-6-5-7-9(10)17-11(13(14,15)16)12(18)20-4-2/h5-8H,3-4H2,1-2H3. The normalized spacial score (nSPS) is 12.2. The Balaban J connectivity index is 3.23. The molecule has 110 valence electrons. The highest BCUT2D eigenvalue weighted by molar-refractivity contribution is 6.39. The maximum Gasteiger partial charge on any atom is 0.440 e. The third kappa shape index (κ3) is 4.25. The van der Waals surface area contributed by atoms with Crippen LogP contribution < -0.4 is 4.74 Å². The highest BCUT2D eigenvalue weighted by Gasteiger charge is 2.42. The number of para-hydroxylation sites is 2. The SMILES string of the molecule is CCOC(=O)C(=Nc1ccccc1OCC)C(F)(F)F. The smallest absolute Gasteiger partial charge is 0.440 e. The lowest BCUT2D eigenvalue weighted by atomic mass is 10.3. The van der Waals surface area contributed by atoms with E-state index in [0.29, 0.717) is 0 Å². The van der Waals surface area contributed by atoms with Gasteiger partial charge in [0.05, 0.1) is 13.2 Å². The van der Waals surface area contributed by atoms with Gasteiger partial charge in [0.25, 0.3) is 0 Å². The van der Waals surface area contributed by atoms with Crippen molar-refractivity contribution in [3.8, 4) is 5.75 Å². The Labute approximate surface area is 114 Å². The number of ether oxygens (including phenoxy) is 2. The molecule has 4 nitrogen and oxygen atoms in total. The van der Waals surface area contributed by atoms with Crippen LogP contribution >= 0.6 is 0 Å². The van der Waals surface area contributed by atoms with Crippen LogP contribution in [0.4, 0.5) is 18.9 Å². The highest BCUT2D eigenvalue weighted by atomic mass is 19.4. The van der Waals surface area contributed by atoms with Crippen molar-refractivity contribution in [2.24, 2.45) is 4.99 Å². The fraction of sp³-hybridized carbons (Fsp3) is 0.385. The van der Waals surface area contributed by atoms with Crippen LogP contribution in [0.3, 0.4) is 0 Å². The third-order valence-electron chi connectivity index (χ3n) is 2.13. The zero-order chi connectivity index (χ0) is 15.2. The second-order valence-electron chi connectivity index (χ2n) is 3.58. The van der Waals surface area contributed by atoms with Crippen molar-refractivity contribution in [1.29, 1.82) is 0 Å². The van der Waals surface area contributed by atoms with E-state index in [1.165, 1.54) is 25.1 Å². The molecule has 0 unspecified atom stereocenters. The van der Waals surface area contributed by atoms with E-state index in [-0.39, 0.29) is 24.7 Å². The average molecular weight is 289 g/mol. The molecule has 0 saturated carbocycles. The molecule has 0 N–H and O–H groups in total. The summed E-state index contributed by atoms with van der Waals surface area (Å²) in [5.74, 6) is -1.34. The number of alkyl halides is 3. The van der Waals surface area contributed by atoms with Gasteiger partial charge in [0.2, 0.25) is 5.71 Å². The van der Waals surface area contributed by atoms with E-state index >= 15 is 0 Å². The van der Waals surface area contributed by atoms with Crippen LogP contribution in [-0.4, -0.2) is 31.1 Å². The molecule has 0 amide bonds. The molecular weight excluding hydrogens is 275 g/mol. The molecule has 0 atom stereocenters. The summed E-state index contributed by atoms with van der Waals surface area (Å²) >= 11 is 0. The van der Waals surface area contributed by atoms with Crippen molar-refractivity contribution in [3.05, 3.63) is 24.3 Å². The van der Waals surface area contributed by atoms with Crippen molar-refractivity contribution in [3.63, 3.8) is 0 Å². The summed E-state index contributed by atoms with van der Waals surface area (Å²) in [6.07, 6.45) is -4.90. The van der Waals surface area contributed by atoms with Gasteiger partial charge in [0.15, 0.2) is 0 Å². The molecule has 0 radical (unpaired) electrons. The number of benzene rings is 1. The molecule has 7 heteroatoms. The average Bonchev–Trinajstić information content (AvgIpc) is 2.36. The third-order valence-corrected chi connectivity index (χ3v) is 2.13. The van der Waals surface area contributed by atoms with Gasteiger partial charge in [-0.2, -0.15) is 13.2 Å². The number of halogens is 3. The minimum atomic E-state index is -4.90. The maximum absolute atomic E-state index is 12.8. The predicted octanol–water partition coefficient (Wildman–Crippen LogP) is 3.28. The first kappa shape index (κ1) is 16.0. The Hall–Kier alpha value is -2.05. The number of aliphatic imine (C=N–C) groups is 1. The summed E-state index contributed by atoms with van der Waals surface area (Å²) < 4.78 is 48.0. The lowest BCUT2D eigenvalue weighted by Gasteiger charge is -2.11. The number of hydrogen-bond donors (Lipinski definition) is 0. The zero-order valence-electron chi connectivity index (χ0n) is 11.0. The second-order valence-corrected chi connectivity index (χ2v) is 3.58. The van der Waals surface area contributed by atoms with Crippen molar-refractivity contribution in [1.82, 2.24) is 0 Å². The van der Waals surface area contributed by atoms with Crippen LogP contribution in [-0.2, 0) is 9.53 Å². The molecule has 0 spiro atoms. The molecule has 0 saturated heterocycles. The minimum absolute atomic E-state index is 0.0743. The zero-order valence-corrected chi connectivity index (χ0v) is 11.0. The van der Waals surface area contributed by atoms with E-state index in [1.54, 1.807) is 13.0 Å². The monoisotopic (exact) mass is 289 g/mol. The topological polar surface area (TPSA) is 47.9 Å². The van der Waals surface area contributed by atoms with Crippen molar-refractivity contribution >= 4 is 17.4 Å². The Morgan fingerprint density at radius 2 is 1.85 bits per heavy atom. The quantitative estimate of drug-likeness (QED) is 0.617. The van der Waals surface area contributed by atoms with Crippen molar-refractivity contribution in [2.75, 3.05) is 13.2 Å². The summed E-state index contributed by atoms with van der Waals surface area (Å²) in [7, 11) is 0. The first-order chi connectivity index (χ1) is 9.40. The molecule has 1 aromatic carbocycles. The predicted molar refractivity (Wildman–Crippen MR) is 67.4 cm³/mol. The van der Waals surface area contributed by atoms with E-state index in [4.69, 9.17) is 4.74 Å². The summed E-state index contributed by atoms with van der Waals surface area (Å²) in [5.41, 5.74) is -1.68. The molecule has 0 aliphatic rings. The van der Waals surface area contributed by atoms with Gasteiger partial charge in [-0.15, -0.1) is 0 Å². The first-order valence-electron chi connectivity index (χ1n) is 5.95. The van der Waals surface area contributed by atoms with Gasteiger partial charge < -0.3 is 9.47 Å². The molecule has 0 aliphatic carbocycles. The number of rotatable bonds is 5. The molecule has 0 aromatic heterocycles. The van der Waals surface area contributed by atoms with Crippen LogP contribution in [0.25, 0.3) is 0 Å². The fourth-order valence-electron chi connectivity index (χ4n) is 1.37. The number of hydrogen-bond acceptors (Lipinski definition) is 4. The summed E-state index contributed by atoms with van der Waals surface area (Å²) in [4.78, 5) is 14.7. The highest BCUT2D eigenvalue weighted by Crippen LogP contribution is 2.30. The Morgan fingerprint density at radius 3 is 2.40 bits per heavy atom. The van der Waals surface area contributed by atoms with E-state index in [0.717, 1.165) is 0 Å². The Morgan fingerprint density at radius 1 is 1.20 bits per heavy atom. The van der Waals surface area contributed by atoms with E-state index in [1.807, 2.05) is 0 Å². The number of nitrogens with zero attached hydrogens (tertiary/aromatic N) is 1. The molecule has 1 rings (SSSR count). The van der Waals surface area contributed by atoms with Gasteiger partial charge >= 0.3 is 12.1 Å². The molecular formula is C13H14F3NO3. The lowest BCUT2D eigenvalue weighted by molar-refractivity contribution is -0.139. The van der Waals surface area contributed by atoms with Crippen LogP contribution in [0, 0.1) is 0 Å². The summed E-state index contributed by atoms with van der Waals surface area (Å²) in [6, 6.07) is 5.90. The van der Waals surface area contributed by atoms with Gasteiger partial charge in [-0.25, -0.2) is 9.79 Å². The van der Waals surface area contributed by atoms with Gasteiger partial charge in [-0.3, -0.25) is 0 Å². The second kappa shape index (κ2) is 6.93. The van der Waals surface area contributed by atoms with Crippen molar-refractivity contribution in [2.45, 2.75) is 20.0 Å². The van der Waals surface area contributed by atoms with Gasteiger partial charge in [-0.05, 0) is 26.0 Å². The lowest BCUT2D eigenvalue weighted by Crippen LogP contribution is -2.32. The fourth-order valence-corrected chi connectivity index (χ4v) is 1.37.